The van der Waals surface area contributed by atoms with Crippen LogP contribution in [0.3, 0.4) is 0 Å². The summed E-state index contributed by atoms with van der Waals surface area (Å²) >= 11 is 5.17. The highest BCUT2D eigenvalue weighted by atomic mass is 79.9. The van der Waals surface area contributed by atoms with Crippen molar-refractivity contribution in [2.75, 3.05) is 7.11 Å². The van der Waals surface area contributed by atoms with Crippen LogP contribution in [0.2, 0.25) is 0 Å². The molecule has 1 atom stereocenters. The lowest BCUT2D eigenvalue weighted by atomic mass is 10.1. The quantitative estimate of drug-likeness (QED) is 0.943. The number of rotatable bonds is 4. The number of aromatic nitrogens is 1. The molecule has 0 aliphatic heterocycles. The smallest absolute Gasteiger partial charge is 0.212 e. The van der Waals surface area contributed by atoms with Crippen LogP contribution in [0.15, 0.2) is 34.2 Å². The molecule has 5 heteroatoms. The predicted molar refractivity (Wildman–Crippen MR) is 73.4 cm³/mol. The number of thiophene rings is 1. The fourth-order valence-electron chi connectivity index (χ4n) is 1.57. The van der Waals surface area contributed by atoms with Crippen molar-refractivity contribution in [3.63, 3.8) is 0 Å². The zero-order valence-corrected chi connectivity index (χ0v) is 11.8. The van der Waals surface area contributed by atoms with Crippen molar-refractivity contribution >= 4 is 27.3 Å². The van der Waals surface area contributed by atoms with Gasteiger partial charge in [-0.3, -0.25) is 0 Å². The lowest BCUT2D eigenvalue weighted by Gasteiger charge is -2.10. The number of nitrogens with zero attached hydrogens (tertiary/aromatic N) is 1. The van der Waals surface area contributed by atoms with E-state index in [0.29, 0.717) is 5.88 Å². The van der Waals surface area contributed by atoms with Gasteiger partial charge in [0.2, 0.25) is 5.88 Å². The van der Waals surface area contributed by atoms with E-state index in [0.717, 1.165) is 16.5 Å². The second kappa shape index (κ2) is 5.62. The van der Waals surface area contributed by atoms with Crippen LogP contribution < -0.4 is 10.5 Å². The largest absolute Gasteiger partial charge is 0.481 e. The van der Waals surface area contributed by atoms with Crippen LogP contribution in [0.5, 0.6) is 5.88 Å². The summed E-state index contributed by atoms with van der Waals surface area (Å²) in [6.07, 6.45) is 2.58. The molecule has 2 rings (SSSR count). The molecule has 90 valence electrons. The first-order valence-corrected chi connectivity index (χ1v) is 6.85. The molecular weight excluding hydrogens is 300 g/mol. The Morgan fingerprint density at radius 1 is 1.47 bits per heavy atom. The maximum Gasteiger partial charge on any atom is 0.212 e. The molecule has 2 N–H and O–H groups in total. The van der Waals surface area contributed by atoms with Gasteiger partial charge in [-0.05, 0) is 39.4 Å². The topological polar surface area (TPSA) is 48.1 Å². The van der Waals surface area contributed by atoms with Crippen LogP contribution >= 0.6 is 27.3 Å². The van der Waals surface area contributed by atoms with E-state index in [2.05, 4.69) is 20.9 Å². The van der Waals surface area contributed by atoms with Gasteiger partial charge in [-0.2, -0.15) is 0 Å². The van der Waals surface area contributed by atoms with E-state index in [9.17, 15) is 0 Å². The minimum Gasteiger partial charge on any atom is -0.481 e. The number of ether oxygens (including phenoxy) is 1. The summed E-state index contributed by atoms with van der Waals surface area (Å²) in [6.45, 7) is 0. The molecule has 0 fully saturated rings. The first kappa shape index (κ1) is 12.5. The van der Waals surface area contributed by atoms with E-state index in [1.807, 2.05) is 23.6 Å². The van der Waals surface area contributed by atoms with E-state index >= 15 is 0 Å². The van der Waals surface area contributed by atoms with Crippen molar-refractivity contribution in [2.45, 2.75) is 12.5 Å². The molecule has 0 saturated carbocycles. The molecule has 1 unspecified atom stereocenters. The zero-order chi connectivity index (χ0) is 12.3. The van der Waals surface area contributed by atoms with Gasteiger partial charge in [-0.1, -0.05) is 6.07 Å². The molecule has 0 aliphatic rings. The third-order valence-corrected chi connectivity index (χ3v) is 4.45. The number of methoxy groups -OCH3 is 1. The van der Waals surface area contributed by atoms with Gasteiger partial charge in [0.15, 0.2) is 0 Å². The van der Waals surface area contributed by atoms with Gasteiger partial charge in [-0.25, -0.2) is 4.98 Å². The third kappa shape index (κ3) is 3.06. The fraction of sp³-hybridized carbons (Fsp3) is 0.250. The van der Waals surface area contributed by atoms with Crippen molar-refractivity contribution in [3.8, 4) is 5.88 Å². The van der Waals surface area contributed by atoms with Crippen molar-refractivity contribution in [2.24, 2.45) is 5.73 Å². The molecule has 3 nitrogen and oxygen atoms in total. The maximum absolute atomic E-state index is 6.16. The van der Waals surface area contributed by atoms with Gasteiger partial charge in [0.1, 0.15) is 0 Å². The average Bonchev–Trinajstić information content (AvgIpc) is 2.76. The lowest BCUT2D eigenvalue weighted by Crippen LogP contribution is -2.12. The SMILES string of the molecule is COc1ccc(CC(N)c2sccc2Br)cn1. The van der Waals surface area contributed by atoms with Crippen molar-refractivity contribution in [1.29, 1.82) is 0 Å². The molecule has 2 heterocycles. The Morgan fingerprint density at radius 2 is 2.29 bits per heavy atom. The van der Waals surface area contributed by atoms with Crippen LogP contribution in [-0.2, 0) is 6.42 Å². The summed E-state index contributed by atoms with van der Waals surface area (Å²) in [5.74, 6) is 0.625. The molecule has 0 bridgehead atoms. The minimum absolute atomic E-state index is 0.000398. The summed E-state index contributed by atoms with van der Waals surface area (Å²) in [6, 6.07) is 5.87. The summed E-state index contributed by atoms with van der Waals surface area (Å²) in [4.78, 5) is 5.34. The second-order valence-electron chi connectivity index (χ2n) is 3.65. The summed E-state index contributed by atoms with van der Waals surface area (Å²) in [5.41, 5.74) is 7.27. The minimum atomic E-state index is -0.000398. The normalized spacial score (nSPS) is 12.4. The lowest BCUT2D eigenvalue weighted by molar-refractivity contribution is 0.397. The van der Waals surface area contributed by atoms with Gasteiger partial charge < -0.3 is 10.5 Å². The highest BCUT2D eigenvalue weighted by Gasteiger charge is 2.12. The molecule has 0 aromatic carbocycles. The van der Waals surface area contributed by atoms with Gasteiger partial charge in [0, 0.05) is 27.7 Å². The first-order valence-electron chi connectivity index (χ1n) is 5.18. The Hall–Kier alpha value is -0.910. The maximum atomic E-state index is 6.16. The molecule has 17 heavy (non-hydrogen) atoms. The van der Waals surface area contributed by atoms with Gasteiger partial charge >= 0.3 is 0 Å². The number of hydrogen-bond acceptors (Lipinski definition) is 4. The van der Waals surface area contributed by atoms with Crippen LogP contribution in [-0.4, -0.2) is 12.1 Å². The summed E-state index contributed by atoms with van der Waals surface area (Å²) in [7, 11) is 1.61. The van der Waals surface area contributed by atoms with Crippen molar-refractivity contribution < 1.29 is 4.74 Å². The zero-order valence-electron chi connectivity index (χ0n) is 9.39. The Labute approximate surface area is 113 Å². The van der Waals surface area contributed by atoms with E-state index in [4.69, 9.17) is 10.5 Å². The standard InChI is InChI=1S/C12H13BrN2OS/c1-16-11-3-2-8(7-15-11)6-10(14)12-9(13)4-5-17-12/h2-5,7,10H,6,14H2,1H3. The van der Waals surface area contributed by atoms with E-state index in [-0.39, 0.29) is 6.04 Å². The molecule has 0 spiro atoms. The van der Waals surface area contributed by atoms with Crippen molar-refractivity contribution in [3.05, 3.63) is 44.7 Å². The molecule has 2 aromatic heterocycles. The number of hydrogen-bond donors (Lipinski definition) is 1. The monoisotopic (exact) mass is 312 g/mol. The second-order valence-corrected chi connectivity index (χ2v) is 5.45. The Kier molecular flexibility index (Phi) is 4.15. The van der Waals surface area contributed by atoms with Crippen LogP contribution in [0, 0.1) is 0 Å². The molecule has 0 saturated heterocycles. The molecule has 2 aromatic rings. The molecule has 0 aliphatic carbocycles. The van der Waals surface area contributed by atoms with Gasteiger partial charge in [0.25, 0.3) is 0 Å². The first-order chi connectivity index (χ1) is 8.20. The number of nitrogens with two attached hydrogens (primary N) is 1. The highest BCUT2D eigenvalue weighted by Crippen LogP contribution is 2.29. The predicted octanol–water partition coefficient (Wildman–Crippen LogP) is 3.16. The summed E-state index contributed by atoms with van der Waals surface area (Å²) < 4.78 is 6.10. The summed E-state index contributed by atoms with van der Waals surface area (Å²) in [5, 5.41) is 2.03. The van der Waals surface area contributed by atoms with Crippen LogP contribution in [0.4, 0.5) is 0 Å². The van der Waals surface area contributed by atoms with E-state index < -0.39 is 0 Å². The van der Waals surface area contributed by atoms with Gasteiger partial charge in [0.05, 0.1) is 7.11 Å². The number of pyridine rings is 1. The Morgan fingerprint density at radius 3 is 2.82 bits per heavy atom. The van der Waals surface area contributed by atoms with Crippen molar-refractivity contribution in [1.82, 2.24) is 4.98 Å². The van der Waals surface area contributed by atoms with E-state index in [1.165, 1.54) is 4.88 Å². The molecular formula is C12H13BrN2OS. The molecule has 0 radical (unpaired) electrons. The Bertz CT molecular complexity index is 484. The van der Waals surface area contributed by atoms with Gasteiger partial charge in [-0.15, -0.1) is 11.3 Å². The average molecular weight is 313 g/mol. The highest BCUT2D eigenvalue weighted by molar-refractivity contribution is 9.10. The Balaban J connectivity index is 2.07. The third-order valence-electron chi connectivity index (χ3n) is 2.44. The number of halogens is 1. The van der Waals surface area contributed by atoms with Crippen LogP contribution in [0.25, 0.3) is 0 Å². The van der Waals surface area contributed by atoms with Crippen LogP contribution in [0.1, 0.15) is 16.5 Å². The van der Waals surface area contributed by atoms with E-state index in [1.54, 1.807) is 24.6 Å². The fourth-order valence-corrected chi connectivity index (χ4v) is 3.24. The molecule has 0 amide bonds.